The van der Waals surface area contributed by atoms with Crippen molar-refractivity contribution in [2.45, 2.75) is 19.2 Å². The van der Waals surface area contributed by atoms with E-state index in [1.807, 2.05) is 26.0 Å². The first-order valence-corrected chi connectivity index (χ1v) is 8.53. The van der Waals surface area contributed by atoms with Crippen LogP contribution < -0.4 is 0 Å². The third kappa shape index (κ3) is 3.12. The number of carbonyl (C=O) groups excluding carboxylic acids is 1. The Morgan fingerprint density at radius 3 is 2.71 bits per heavy atom. The summed E-state index contributed by atoms with van der Waals surface area (Å²) < 4.78 is 2.61. The molecule has 5 nitrogen and oxygen atoms in total. The van der Waals surface area contributed by atoms with Crippen LogP contribution in [0.5, 0.6) is 0 Å². The monoisotopic (exact) mass is 404 g/mol. The molecule has 2 heterocycles. The average molecular weight is 406 g/mol. The molecule has 0 aliphatic carbocycles. The summed E-state index contributed by atoms with van der Waals surface area (Å²) in [6.07, 6.45) is 1.60. The molecule has 1 aromatic carbocycles. The van der Waals surface area contributed by atoms with Crippen molar-refractivity contribution in [3.63, 3.8) is 0 Å². The molecular weight excluding hydrogens is 392 g/mol. The summed E-state index contributed by atoms with van der Waals surface area (Å²) in [5.74, 6) is 1.08. The van der Waals surface area contributed by atoms with E-state index in [4.69, 9.17) is 11.6 Å². The standard InChI is InChI=1S/C17H14BrClN4O/c1-10(19)17-22-21-11(2)23(17)15-7-6-12(18)9-13(15)16(24)14-5-3-4-8-20-14/h3-10H,1-2H3. The highest BCUT2D eigenvalue weighted by atomic mass is 79.9. The Hall–Kier alpha value is -2.05. The second kappa shape index (κ2) is 6.83. The lowest BCUT2D eigenvalue weighted by atomic mass is 10.0. The maximum absolute atomic E-state index is 12.9. The van der Waals surface area contributed by atoms with E-state index in [0.29, 0.717) is 28.6 Å². The number of ketones is 1. The normalized spacial score (nSPS) is 12.2. The van der Waals surface area contributed by atoms with Crippen molar-refractivity contribution in [2.24, 2.45) is 0 Å². The van der Waals surface area contributed by atoms with Gasteiger partial charge in [-0.2, -0.15) is 0 Å². The van der Waals surface area contributed by atoms with E-state index in [-0.39, 0.29) is 11.2 Å². The lowest BCUT2D eigenvalue weighted by Gasteiger charge is -2.14. The quantitative estimate of drug-likeness (QED) is 0.480. The molecule has 24 heavy (non-hydrogen) atoms. The van der Waals surface area contributed by atoms with Crippen molar-refractivity contribution < 1.29 is 4.79 Å². The van der Waals surface area contributed by atoms with Gasteiger partial charge in [0, 0.05) is 16.2 Å². The minimum absolute atomic E-state index is 0.173. The summed E-state index contributed by atoms with van der Waals surface area (Å²) in [5.41, 5.74) is 1.56. The van der Waals surface area contributed by atoms with Gasteiger partial charge in [-0.05, 0) is 44.2 Å². The first-order chi connectivity index (χ1) is 11.5. The molecule has 122 valence electrons. The zero-order chi connectivity index (χ0) is 17.3. The lowest BCUT2D eigenvalue weighted by molar-refractivity contribution is 0.103. The minimum Gasteiger partial charge on any atom is -0.287 e. The van der Waals surface area contributed by atoms with Crippen molar-refractivity contribution in [3.05, 3.63) is 70.0 Å². The Kier molecular flexibility index (Phi) is 4.78. The Balaban J connectivity index is 2.21. The van der Waals surface area contributed by atoms with Gasteiger partial charge in [-0.25, -0.2) is 0 Å². The fourth-order valence-electron chi connectivity index (χ4n) is 2.45. The van der Waals surface area contributed by atoms with E-state index in [1.165, 1.54) is 0 Å². The highest BCUT2D eigenvalue weighted by Crippen LogP contribution is 2.27. The number of alkyl halides is 1. The van der Waals surface area contributed by atoms with Gasteiger partial charge in [0.15, 0.2) is 5.82 Å². The maximum atomic E-state index is 12.9. The van der Waals surface area contributed by atoms with E-state index < -0.39 is 0 Å². The number of carbonyl (C=O) groups is 1. The summed E-state index contributed by atoms with van der Waals surface area (Å²) in [6.45, 7) is 3.65. The Labute approximate surface area is 152 Å². The zero-order valence-electron chi connectivity index (χ0n) is 13.1. The van der Waals surface area contributed by atoms with Crippen LogP contribution in [-0.2, 0) is 0 Å². The molecule has 0 radical (unpaired) electrons. The third-order valence-corrected chi connectivity index (χ3v) is 4.24. The van der Waals surface area contributed by atoms with Crippen LogP contribution in [0, 0.1) is 6.92 Å². The number of hydrogen-bond acceptors (Lipinski definition) is 4. The fraction of sp³-hybridized carbons (Fsp3) is 0.176. The van der Waals surface area contributed by atoms with Crippen LogP contribution in [0.15, 0.2) is 47.1 Å². The third-order valence-electron chi connectivity index (χ3n) is 3.55. The maximum Gasteiger partial charge on any atom is 0.213 e. The van der Waals surface area contributed by atoms with Gasteiger partial charge in [0.2, 0.25) is 5.78 Å². The number of rotatable bonds is 4. The van der Waals surface area contributed by atoms with Crippen LogP contribution >= 0.6 is 27.5 Å². The van der Waals surface area contributed by atoms with E-state index in [9.17, 15) is 4.79 Å². The van der Waals surface area contributed by atoms with Gasteiger partial charge < -0.3 is 0 Å². The van der Waals surface area contributed by atoms with Crippen LogP contribution in [0.3, 0.4) is 0 Å². The molecule has 1 unspecified atom stereocenters. The predicted octanol–water partition coefficient (Wildman–Crippen LogP) is 4.26. The van der Waals surface area contributed by atoms with Gasteiger partial charge in [0.25, 0.3) is 0 Å². The first kappa shape index (κ1) is 16.8. The fourth-order valence-corrected chi connectivity index (χ4v) is 2.96. The molecule has 7 heteroatoms. The molecular formula is C17H14BrClN4O. The van der Waals surface area contributed by atoms with E-state index >= 15 is 0 Å². The number of hydrogen-bond donors (Lipinski definition) is 0. The summed E-state index contributed by atoms with van der Waals surface area (Å²) in [5, 5.41) is 7.89. The molecule has 0 saturated heterocycles. The number of halogens is 2. The van der Waals surface area contributed by atoms with Gasteiger partial charge in [-0.1, -0.05) is 22.0 Å². The Morgan fingerprint density at radius 1 is 1.25 bits per heavy atom. The van der Waals surface area contributed by atoms with E-state index in [0.717, 1.165) is 4.47 Å². The lowest BCUT2D eigenvalue weighted by Crippen LogP contribution is -2.12. The van der Waals surface area contributed by atoms with Crippen molar-refractivity contribution in [3.8, 4) is 5.69 Å². The molecule has 3 aromatic rings. The van der Waals surface area contributed by atoms with Crippen LogP contribution in [0.25, 0.3) is 5.69 Å². The van der Waals surface area contributed by atoms with Crippen LogP contribution in [-0.4, -0.2) is 25.5 Å². The summed E-state index contributed by atoms with van der Waals surface area (Å²) in [6, 6.07) is 10.7. The molecule has 0 aliphatic rings. The van der Waals surface area contributed by atoms with Crippen LogP contribution in [0.1, 0.15) is 40.0 Å². The van der Waals surface area contributed by atoms with Gasteiger partial charge >= 0.3 is 0 Å². The van der Waals surface area contributed by atoms with Gasteiger partial charge in [0.1, 0.15) is 11.5 Å². The molecule has 0 amide bonds. The molecule has 3 rings (SSSR count). The molecule has 0 saturated carbocycles. The average Bonchev–Trinajstić information content (AvgIpc) is 2.97. The predicted molar refractivity (Wildman–Crippen MR) is 95.7 cm³/mol. The Bertz CT molecular complexity index is 893. The van der Waals surface area contributed by atoms with Crippen molar-refractivity contribution >= 4 is 33.3 Å². The molecule has 0 bridgehead atoms. The van der Waals surface area contributed by atoms with Gasteiger partial charge in [-0.3, -0.25) is 14.3 Å². The van der Waals surface area contributed by atoms with E-state index in [2.05, 4.69) is 31.1 Å². The highest BCUT2D eigenvalue weighted by molar-refractivity contribution is 9.10. The van der Waals surface area contributed by atoms with Crippen molar-refractivity contribution in [1.82, 2.24) is 19.7 Å². The van der Waals surface area contributed by atoms with Crippen LogP contribution in [0.4, 0.5) is 0 Å². The molecule has 0 spiro atoms. The number of benzene rings is 1. The number of pyridine rings is 1. The summed E-state index contributed by atoms with van der Waals surface area (Å²) in [4.78, 5) is 17.1. The minimum atomic E-state index is -0.340. The summed E-state index contributed by atoms with van der Waals surface area (Å²) >= 11 is 9.65. The largest absolute Gasteiger partial charge is 0.287 e. The second-order valence-electron chi connectivity index (χ2n) is 5.26. The SMILES string of the molecule is Cc1nnc(C(C)Cl)n1-c1ccc(Br)cc1C(=O)c1ccccn1. The number of aromatic nitrogens is 4. The van der Waals surface area contributed by atoms with Crippen molar-refractivity contribution in [1.29, 1.82) is 0 Å². The zero-order valence-corrected chi connectivity index (χ0v) is 15.4. The van der Waals surface area contributed by atoms with E-state index in [1.54, 1.807) is 35.0 Å². The smallest absolute Gasteiger partial charge is 0.213 e. The Morgan fingerprint density at radius 2 is 2.04 bits per heavy atom. The first-order valence-electron chi connectivity index (χ1n) is 7.30. The molecule has 1 atom stereocenters. The van der Waals surface area contributed by atoms with Crippen LogP contribution in [0.2, 0.25) is 0 Å². The van der Waals surface area contributed by atoms with Gasteiger partial charge in [0.05, 0.1) is 11.1 Å². The number of nitrogens with zero attached hydrogens (tertiary/aromatic N) is 4. The number of aryl methyl sites for hydroxylation is 1. The molecule has 2 aromatic heterocycles. The highest BCUT2D eigenvalue weighted by Gasteiger charge is 2.22. The topological polar surface area (TPSA) is 60.7 Å². The summed E-state index contributed by atoms with van der Waals surface area (Å²) in [7, 11) is 0. The molecule has 0 fully saturated rings. The molecule has 0 N–H and O–H groups in total. The van der Waals surface area contributed by atoms with Crippen molar-refractivity contribution in [2.75, 3.05) is 0 Å². The molecule has 0 aliphatic heterocycles. The second-order valence-corrected chi connectivity index (χ2v) is 6.83. The van der Waals surface area contributed by atoms with Gasteiger partial charge in [-0.15, -0.1) is 21.8 Å².